The van der Waals surface area contributed by atoms with Gasteiger partial charge in [0.05, 0.1) is 16.6 Å². The molecule has 8 heteroatoms. The first-order valence-corrected chi connectivity index (χ1v) is 8.78. The fraction of sp³-hybridized carbons (Fsp3) is 0.538. The summed E-state index contributed by atoms with van der Waals surface area (Å²) < 4.78 is 46.4. The molecular formula is C13H17ClFNO4S. The molecule has 118 valence electrons. The minimum atomic E-state index is -3.38. The van der Waals surface area contributed by atoms with E-state index in [9.17, 15) is 12.8 Å². The number of benzene rings is 1. The maximum Gasteiger partial charge on any atom is 0.180 e. The van der Waals surface area contributed by atoms with Gasteiger partial charge in [0.15, 0.2) is 21.3 Å². The Bertz CT molecular complexity index is 608. The molecule has 1 aliphatic heterocycles. The summed E-state index contributed by atoms with van der Waals surface area (Å²) in [5, 5.41) is 3.26. The van der Waals surface area contributed by atoms with E-state index in [0.717, 1.165) is 6.26 Å². The van der Waals surface area contributed by atoms with Gasteiger partial charge in [-0.25, -0.2) is 8.42 Å². The van der Waals surface area contributed by atoms with Gasteiger partial charge in [0.1, 0.15) is 12.7 Å². The van der Waals surface area contributed by atoms with Gasteiger partial charge in [-0.2, -0.15) is 0 Å². The fourth-order valence-corrected chi connectivity index (χ4v) is 2.91. The second kappa shape index (κ2) is 6.81. The van der Waals surface area contributed by atoms with Crippen LogP contribution in [0, 0.1) is 0 Å². The van der Waals surface area contributed by atoms with Crippen molar-refractivity contribution in [1.29, 1.82) is 0 Å². The monoisotopic (exact) mass is 337 g/mol. The van der Waals surface area contributed by atoms with Gasteiger partial charge in [-0.15, -0.1) is 0 Å². The predicted molar refractivity (Wildman–Crippen MR) is 77.9 cm³/mol. The van der Waals surface area contributed by atoms with E-state index in [1.165, 1.54) is 12.1 Å². The van der Waals surface area contributed by atoms with E-state index in [4.69, 9.17) is 21.1 Å². The largest absolute Gasteiger partial charge is 0.484 e. The second-order valence-corrected chi connectivity index (χ2v) is 7.22. The van der Waals surface area contributed by atoms with Crippen molar-refractivity contribution in [2.24, 2.45) is 0 Å². The van der Waals surface area contributed by atoms with Gasteiger partial charge in [-0.1, -0.05) is 11.6 Å². The number of nitrogens with one attached hydrogen (secondary N) is 1. The first-order valence-electron chi connectivity index (χ1n) is 6.51. The number of sulfone groups is 1. The summed E-state index contributed by atoms with van der Waals surface area (Å²) in [6.07, 6.45) is 1.27. The zero-order chi connectivity index (χ0) is 15.5. The average Bonchev–Trinajstić information content (AvgIpc) is 2.42. The summed E-state index contributed by atoms with van der Waals surface area (Å²) in [4.78, 5) is 0.0842. The molecule has 0 unspecified atom stereocenters. The lowest BCUT2D eigenvalue weighted by atomic mass is 10.2. The Morgan fingerprint density at radius 1 is 1.48 bits per heavy atom. The molecule has 0 aromatic heterocycles. The van der Waals surface area contributed by atoms with E-state index in [1.807, 2.05) is 0 Å². The molecule has 1 atom stereocenters. The Kier molecular flexibility index (Phi) is 5.29. The third-order valence-electron chi connectivity index (χ3n) is 2.98. The van der Waals surface area contributed by atoms with Crippen molar-refractivity contribution >= 4 is 21.4 Å². The molecule has 0 saturated carbocycles. The lowest BCUT2D eigenvalue weighted by Crippen LogP contribution is -2.39. The lowest BCUT2D eigenvalue weighted by molar-refractivity contribution is 0.0901. The van der Waals surface area contributed by atoms with Crippen molar-refractivity contribution in [1.82, 2.24) is 5.32 Å². The molecule has 5 nitrogen and oxygen atoms in total. The van der Waals surface area contributed by atoms with Crippen molar-refractivity contribution in [3.8, 4) is 11.5 Å². The van der Waals surface area contributed by atoms with Crippen molar-refractivity contribution in [2.45, 2.75) is 17.4 Å². The number of alkyl halides is 1. The van der Waals surface area contributed by atoms with Gasteiger partial charge in [0.2, 0.25) is 0 Å². The molecule has 0 amide bonds. The van der Waals surface area contributed by atoms with Crippen molar-refractivity contribution in [3.05, 3.63) is 17.2 Å². The highest BCUT2D eigenvalue weighted by atomic mass is 35.5. The summed E-state index contributed by atoms with van der Waals surface area (Å²) in [7, 11) is -3.38. The number of rotatable bonds is 6. The van der Waals surface area contributed by atoms with E-state index in [2.05, 4.69) is 5.32 Å². The van der Waals surface area contributed by atoms with E-state index >= 15 is 0 Å². The maximum absolute atomic E-state index is 12.0. The Morgan fingerprint density at radius 3 is 2.90 bits per heavy atom. The predicted octanol–water partition coefficient (Wildman–Crippen LogP) is 1.83. The van der Waals surface area contributed by atoms with Gasteiger partial charge < -0.3 is 14.8 Å². The topological polar surface area (TPSA) is 64.6 Å². The van der Waals surface area contributed by atoms with Crippen LogP contribution in [0.25, 0.3) is 0 Å². The highest BCUT2D eigenvalue weighted by Gasteiger charge is 2.25. The summed E-state index contributed by atoms with van der Waals surface area (Å²) in [6.45, 7) is 0.965. The molecule has 0 aliphatic carbocycles. The SMILES string of the molecule is CS(=O)(=O)c1cc(Cl)c2c(c1)O[C@@H](CNCCCF)CO2. The lowest BCUT2D eigenvalue weighted by Gasteiger charge is -2.27. The van der Waals surface area contributed by atoms with E-state index in [-0.39, 0.29) is 22.7 Å². The van der Waals surface area contributed by atoms with Crippen LogP contribution in [0.1, 0.15) is 6.42 Å². The minimum absolute atomic E-state index is 0.0842. The molecule has 0 radical (unpaired) electrons. The molecule has 0 bridgehead atoms. The Hall–Kier alpha value is -1.05. The van der Waals surface area contributed by atoms with Crippen LogP contribution < -0.4 is 14.8 Å². The van der Waals surface area contributed by atoms with Gasteiger partial charge in [-0.05, 0) is 19.0 Å². The third kappa shape index (κ3) is 4.21. The first-order chi connectivity index (χ1) is 9.91. The Balaban J connectivity index is 2.10. The van der Waals surface area contributed by atoms with Crippen LogP contribution >= 0.6 is 11.6 Å². The normalized spacial score (nSPS) is 17.8. The molecular weight excluding hydrogens is 321 g/mol. The molecule has 1 aromatic rings. The molecule has 2 rings (SSSR count). The number of hydrogen-bond donors (Lipinski definition) is 1. The van der Waals surface area contributed by atoms with Crippen molar-refractivity contribution in [3.63, 3.8) is 0 Å². The van der Waals surface area contributed by atoms with Crippen LogP contribution in [-0.2, 0) is 9.84 Å². The molecule has 1 heterocycles. The second-order valence-electron chi connectivity index (χ2n) is 4.80. The van der Waals surface area contributed by atoms with Crippen LogP contribution in [0.4, 0.5) is 4.39 Å². The average molecular weight is 338 g/mol. The highest BCUT2D eigenvalue weighted by Crippen LogP contribution is 2.40. The highest BCUT2D eigenvalue weighted by molar-refractivity contribution is 7.90. The molecule has 21 heavy (non-hydrogen) atoms. The fourth-order valence-electron chi connectivity index (χ4n) is 1.93. The number of hydrogen-bond acceptors (Lipinski definition) is 5. The van der Waals surface area contributed by atoms with Crippen LogP contribution in [0.5, 0.6) is 11.5 Å². The third-order valence-corrected chi connectivity index (χ3v) is 4.35. The summed E-state index contributed by atoms with van der Waals surface area (Å²) in [6, 6.07) is 2.75. The summed E-state index contributed by atoms with van der Waals surface area (Å²) in [5.41, 5.74) is 0. The van der Waals surface area contributed by atoms with Gasteiger partial charge in [-0.3, -0.25) is 4.39 Å². The molecule has 1 aliphatic rings. The van der Waals surface area contributed by atoms with E-state index < -0.39 is 9.84 Å². The Labute approximate surface area is 128 Å². The Morgan fingerprint density at radius 2 is 2.24 bits per heavy atom. The maximum atomic E-state index is 12.0. The van der Waals surface area contributed by atoms with Crippen molar-refractivity contribution in [2.75, 3.05) is 32.6 Å². The molecule has 0 spiro atoms. The van der Waals surface area contributed by atoms with Crippen LogP contribution in [-0.4, -0.2) is 47.1 Å². The van der Waals surface area contributed by atoms with Gasteiger partial charge in [0.25, 0.3) is 0 Å². The van der Waals surface area contributed by atoms with Crippen LogP contribution in [0.3, 0.4) is 0 Å². The van der Waals surface area contributed by atoms with Gasteiger partial charge >= 0.3 is 0 Å². The van der Waals surface area contributed by atoms with Crippen LogP contribution in [0.2, 0.25) is 5.02 Å². The molecule has 0 saturated heterocycles. The summed E-state index contributed by atoms with van der Waals surface area (Å²) >= 11 is 6.02. The zero-order valence-electron chi connectivity index (χ0n) is 11.6. The smallest absolute Gasteiger partial charge is 0.180 e. The molecule has 0 fully saturated rings. The van der Waals surface area contributed by atoms with E-state index in [1.54, 1.807) is 0 Å². The number of halogens is 2. The van der Waals surface area contributed by atoms with E-state index in [0.29, 0.717) is 37.6 Å². The first kappa shape index (κ1) is 16.3. The molecule has 1 N–H and O–H groups in total. The van der Waals surface area contributed by atoms with Crippen LogP contribution in [0.15, 0.2) is 17.0 Å². The zero-order valence-corrected chi connectivity index (χ0v) is 13.1. The molecule has 1 aromatic carbocycles. The minimum Gasteiger partial charge on any atom is -0.484 e. The number of fused-ring (bicyclic) bond motifs is 1. The van der Waals surface area contributed by atoms with Gasteiger partial charge in [0, 0.05) is 18.9 Å². The standard InChI is InChI=1S/C13H17ClFNO4S/c1-21(17,18)10-5-11(14)13-12(6-10)20-9(8-19-13)7-16-4-2-3-15/h5-6,9,16H,2-4,7-8H2,1H3/t9-/m0/s1. The summed E-state index contributed by atoms with van der Waals surface area (Å²) in [5.74, 6) is 0.663. The van der Waals surface area contributed by atoms with Crippen molar-refractivity contribution < 1.29 is 22.3 Å². The quantitative estimate of drug-likeness (QED) is 0.802. The number of ether oxygens (including phenoxy) is 2.